The smallest absolute Gasteiger partial charge is 0.152 e. The number of hydrogen-bond donors (Lipinski definition) is 1. The van der Waals surface area contributed by atoms with E-state index < -0.39 is 12.3 Å². The highest BCUT2D eigenvalue weighted by Crippen LogP contribution is 2.36. The zero-order valence-electron chi connectivity index (χ0n) is 11.9. The van der Waals surface area contributed by atoms with E-state index in [-0.39, 0.29) is 6.54 Å². The van der Waals surface area contributed by atoms with Crippen LogP contribution in [0, 0.1) is 13.8 Å². The van der Waals surface area contributed by atoms with Crippen LogP contribution in [0.15, 0.2) is 24.3 Å². The number of halogens is 1. The number of nitrogens with zero attached hydrogens (tertiary/aromatic N) is 2. The van der Waals surface area contributed by atoms with Crippen molar-refractivity contribution in [2.45, 2.75) is 25.9 Å². The first kappa shape index (κ1) is 13.3. The zero-order chi connectivity index (χ0) is 14.3. The lowest BCUT2D eigenvalue weighted by molar-refractivity contribution is 0.0910. The third-order valence-electron chi connectivity index (χ3n) is 4.25. The summed E-state index contributed by atoms with van der Waals surface area (Å²) >= 11 is 0. The second-order valence-corrected chi connectivity index (χ2v) is 5.67. The van der Waals surface area contributed by atoms with Crippen molar-refractivity contribution >= 4 is 16.6 Å². The number of aliphatic hydroxyl groups excluding tert-OH is 1. The standard InChI is InChI=1S/C16H19FN2O/c1-11-12(2)18-14-6-4-3-5-13(14)15(11)19-8-7-16(17,9-19)10-20/h3-6,20H,7-10H2,1-2H3. The number of hydrogen-bond acceptors (Lipinski definition) is 3. The molecule has 1 atom stereocenters. The zero-order valence-corrected chi connectivity index (χ0v) is 11.9. The maximum atomic E-state index is 14.3. The molecule has 1 aliphatic rings. The number of alkyl halides is 1. The van der Waals surface area contributed by atoms with Gasteiger partial charge in [-0.25, -0.2) is 4.39 Å². The van der Waals surface area contributed by atoms with Crippen molar-refractivity contribution in [3.05, 3.63) is 35.5 Å². The minimum Gasteiger partial charge on any atom is -0.393 e. The normalized spacial score (nSPS) is 22.7. The summed E-state index contributed by atoms with van der Waals surface area (Å²) in [6.45, 7) is 4.48. The van der Waals surface area contributed by atoms with E-state index in [4.69, 9.17) is 0 Å². The number of fused-ring (bicyclic) bond motifs is 1. The first-order valence-electron chi connectivity index (χ1n) is 6.95. The van der Waals surface area contributed by atoms with Crippen LogP contribution in [-0.2, 0) is 0 Å². The lowest BCUT2D eigenvalue weighted by Crippen LogP contribution is -2.32. The highest BCUT2D eigenvalue weighted by Gasteiger charge is 2.38. The predicted molar refractivity (Wildman–Crippen MR) is 79.0 cm³/mol. The number of para-hydroxylation sites is 1. The molecule has 1 aromatic heterocycles. The minimum absolute atomic E-state index is 0.248. The molecule has 1 aromatic carbocycles. The number of benzene rings is 1. The first-order chi connectivity index (χ1) is 9.54. The van der Waals surface area contributed by atoms with Crippen LogP contribution in [0.4, 0.5) is 10.1 Å². The molecule has 0 bridgehead atoms. The molecule has 1 fully saturated rings. The van der Waals surface area contributed by atoms with Crippen LogP contribution < -0.4 is 4.90 Å². The molecule has 0 radical (unpaired) electrons. The van der Waals surface area contributed by atoms with Crippen molar-refractivity contribution in [1.82, 2.24) is 4.98 Å². The molecule has 1 saturated heterocycles. The molecule has 4 heteroatoms. The van der Waals surface area contributed by atoms with Gasteiger partial charge in [0.05, 0.1) is 24.4 Å². The van der Waals surface area contributed by atoms with E-state index >= 15 is 0 Å². The molecule has 1 aliphatic heterocycles. The van der Waals surface area contributed by atoms with Crippen LogP contribution in [0.1, 0.15) is 17.7 Å². The molecule has 0 aliphatic carbocycles. The van der Waals surface area contributed by atoms with Crippen LogP contribution in [0.3, 0.4) is 0 Å². The van der Waals surface area contributed by atoms with Crippen LogP contribution in [-0.4, -0.2) is 35.5 Å². The van der Waals surface area contributed by atoms with Crippen LogP contribution in [0.25, 0.3) is 10.9 Å². The Hall–Kier alpha value is -1.68. The first-order valence-corrected chi connectivity index (χ1v) is 6.95. The largest absolute Gasteiger partial charge is 0.393 e. The fraction of sp³-hybridized carbons (Fsp3) is 0.438. The molecular weight excluding hydrogens is 255 g/mol. The van der Waals surface area contributed by atoms with E-state index in [0.29, 0.717) is 13.0 Å². The summed E-state index contributed by atoms with van der Waals surface area (Å²) in [5, 5.41) is 10.3. The van der Waals surface area contributed by atoms with Crippen molar-refractivity contribution < 1.29 is 9.50 Å². The van der Waals surface area contributed by atoms with Gasteiger partial charge in [-0.05, 0) is 25.5 Å². The van der Waals surface area contributed by atoms with Crippen LogP contribution in [0.5, 0.6) is 0 Å². The minimum atomic E-state index is -1.48. The van der Waals surface area contributed by atoms with Gasteiger partial charge >= 0.3 is 0 Å². The molecule has 1 N–H and O–H groups in total. The van der Waals surface area contributed by atoms with Gasteiger partial charge < -0.3 is 10.0 Å². The molecule has 20 heavy (non-hydrogen) atoms. The molecule has 0 spiro atoms. The van der Waals surface area contributed by atoms with E-state index in [0.717, 1.165) is 27.8 Å². The number of aliphatic hydroxyl groups is 1. The van der Waals surface area contributed by atoms with Gasteiger partial charge in [0.15, 0.2) is 5.67 Å². The van der Waals surface area contributed by atoms with Gasteiger partial charge in [0.2, 0.25) is 0 Å². The number of pyridine rings is 1. The second kappa shape index (κ2) is 4.70. The van der Waals surface area contributed by atoms with E-state index in [1.807, 2.05) is 43.0 Å². The number of aromatic nitrogens is 1. The van der Waals surface area contributed by atoms with Gasteiger partial charge in [0.1, 0.15) is 0 Å². The molecule has 0 amide bonds. The summed E-state index contributed by atoms with van der Waals surface area (Å²) in [5.74, 6) is 0. The van der Waals surface area contributed by atoms with Gasteiger partial charge in [-0.2, -0.15) is 0 Å². The summed E-state index contributed by atoms with van der Waals surface area (Å²) in [5.41, 5.74) is 2.57. The Morgan fingerprint density at radius 2 is 2.10 bits per heavy atom. The Morgan fingerprint density at radius 1 is 1.35 bits per heavy atom. The van der Waals surface area contributed by atoms with Gasteiger partial charge in [0.25, 0.3) is 0 Å². The monoisotopic (exact) mass is 274 g/mol. The molecule has 3 rings (SSSR count). The van der Waals surface area contributed by atoms with Gasteiger partial charge in [-0.15, -0.1) is 0 Å². The van der Waals surface area contributed by atoms with Crippen molar-refractivity contribution in [3.63, 3.8) is 0 Å². The molecular formula is C16H19FN2O. The van der Waals surface area contributed by atoms with Crippen molar-refractivity contribution in [3.8, 4) is 0 Å². The Balaban J connectivity index is 2.14. The lowest BCUT2D eigenvalue weighted by Gasteiger charge is -2.25. The maximum Gasteiger partial charge on any atom is 0.152 e. The summed E-state index contributed by atoms with van der Waals surface area (Å²) in [6.07, 6.45) is 0.374. The van der Waals surface area contributed by atoms with E-state index in [1.54, 1.807) is 0 Å². The van der Waals surface area contributed by atoms with E-state index in [9.17, 15) is 9.50 Å². The quantitative estimate of drug-likeness (QED) is 0.915. The molecule has 3 nitrogen and oxygen atoms in total. The van der Waals surface area contributed by atoms with Gasteiger partial charge in [-0.3, -0.25) is 4.98 Å². The fourth-order valence-electron chi connectivity index (χ4n) is 2.97. The van der Waals surface area contributed by atoms with Crippen LogP contribution in [0.2, 0.25) is 0 Å². The SMILES string of the molecule is Cc1nc2ccccc2c(N2CCC(F)(CO)C2)c1C. The fourth-order valence-corrected chi connectivity index (χ4v) is 2.97. The van der Waals surface area contributed by atoms with Crippen LogP contribution >= 0.6 is 0 Å². The summed E-state index contributed by atoms with van der Waals surface area (Å²) in [7, 11) is 0. The maximum absolute atomic E-state index is 14.3. The third kappa shape index (κ3) is 2.04. The Morgan fingerprint density at radius 3 is 2.80 bits per heavy atom. The Bertz CT molecular complexity index is 658. The topological polar surface area (TPSA) is 36.4 Å². The highest BCUT2D eigenvalue weighted by molar-refractivity contribution is 5.94. The molecule has 2 heterocycles. The molecule has 106 valence electrons. The van der Waals surface area contributed by atoms with Gasteiger partial charge in [0, 0.05) is 24.0 Å². The Kier molecular flexibility index (Phi) is 3.13. The lowest BCUT2D eigenvalue weighted by atomic mass is 10.1. The molecule has 0 saturated carbocycles. The predicted octanol–water partition coefficient (Wildman–Crippen LogP) is 2.76. The molecule has 1 unspecified atom stereocenters. The Labute approximate surface area is 118 Å². The third-order valence-corrected chi connectivity index (χ3v) is 4.25. The van der Waals surface area contributed by atoms with E-state index in [2.05, 4.69) is 4.98 Å². The summed E-state index contributed by atoms with van der Waals surface area (Å²) < 4.78 is 14.3. The van der Waals surface area contributed by atoms with E-state index in [1.165, 1.54) is 0 Å². The highest BCUT2D eigenvalue weighted by atomic mass is 19.1. The van der Waals surface area contributed by atoms with Crippen molar-refractivity contribution in [2.75, 3.05) is 24.6 Å². The number of anilines is 1. The van der Waals surface area contributed by atoms with Crippen molar-refractivity contribution in [2.24, 2.45) is 0 Å². The summed E-state index contributed by atoms with van der Waals surface area (Å²) in [4.78, 5) is 6.64. The average Bonchev–Trinajstić information content (AvgIpc) is 2.83. The second-order valence-electron chi connectivity index (χ2n) is 5.67. The number of aryl methyl sites for hydroxylation is 1. The number of rotatable bonds is 2. The summed E-state index contributed by atoms with van der Waals surface area (Å²) in [6, 6.07) is 7.95. The van der Waals surface area contributed by atoms with Crippen molar-refractivity contribution in [1.29, 1.82) is 0 Å². The average molecular weight is 274 g/mol. The molecule has 2 aromatic rings. The van der Waals surface area contributed by atoms with Gasteiger partial charge in [-0.1, -0.05) is 18.2 Å².